The molecule has 1 aromatic heterocycles. The van der Waals surface area contributed by atoms with E-state index in [-0.39, 0.29) is 17.2 Å². The number of aryl methyl sites for hydroxylation is 1. The minimum Gasteiger partial charge on any atom is -0.346 e. The first-order valence-corrected chi connectivity index (χ1v) is 8.17. The Morgan fingerprint density at radius 3 is 2.48 bits per heavy atom. The number of imide groups is 1. The van der Waals surface area contributed by atoms with Gasteiger partial charge < -0.3 is 4.57 Å². The molecule has 0 unspecified atom stereocenters. The number of amides is 2. The van der Waals surface area contributed by atoms with E-state index in [0.717, 1.165) is 17.3 Å². The Morgan fingerprint density at radius 1 is 1.29 bits per heavy atom. The van der Waals surface area contributed by atoms with Crippen molar-refractivity contribution in [1.82, 2.24) is 9.47 Å². The summed E-state index contributed by atoms with van der Waals surface area (Å²) in [6.45, 7) is 7.91. The largest absolute Gasteiger partial charge is 0.346 e. The summed E-state index contributed by atoms with van der Waals surface area (Å²) in [5.74, 6) is -0.170. The first kappa shape index (κ1) is 14.4. The highest BCUT2D eigenvalue weighted by Gasteiger charge is 2.37. The number of nitrogens with zero attached hydrogens (tertiary/aromatic N) is 2. The van der Waals surface area contributed by atoms with E-state index in [1.807, 2.05) is 19.9 Å². The van der Waals surface area contributed by atoms with E-state index in [2.05, 4.69) is 24.5 Å². The minimum absolute atomic E-state index is 0.0951. The van der Waals surface area contributed by atoms with E-state index in [9.17, 15) is 9.59 Å². The van der Waals surface area contributed by atoms with Crippen molar-refractivity contribution in [3.63, 3.8) is 0 Å². The maximum Gasteiger partial charge on any atom is 0.293 e. The second-order valence-corrected chi connectivity index (χ2v) is 7.07. The SMILES string of the molecule is Cc1cc(/C=C2\SC(=O)N(C(C)C)C2=O)c(C)n1C1CC1. The third-order valence-electron chi connectivity index (χ3n) is 4.06. The Kier molecular flexibility index (Phi) is 3.48. The van der Waals surface area contributed by atoms with E-state index in [1.165, 1.54) is 29.1 Å². The van der Waals surface area contributed by atoms with Gasteiger partial charge >= 0.3 is 0 Å². The monoisotopic (exact) mass is 304 g/mol. The highest BCUT2D eigenvalue weighted by molar-refractivity contribution is 8.18. The summed E-state index contributed by atoms with van der Waals surface area (Å²) in [7, 11) is 0. The molecule has 1 aliphatic carbocycles. The molecule has 1 saturated heterocycles. The van der Waals surface area contributed by atoms with Gasteiger partial charge in [0.15, 0.2) is 0 Å². The van der Waals surface area contributed by atoms with E-state index in [1.54, 1.807) is 0 Å². The lowest BCUT2D eigenvalue weighted by Crippen LogP contribution is -2.34. The van der Waals surface area contributed by atoms with E-state index < -0.39 is 0 Å². The average molecular weight is 304 g/mol. The maximum atomic E-state index is 12.3. The minimum atomic E-state index is -0.170. The van der Waals surface area contributed by atoms with Crippen molar-refractivity contribution >= 4 is 29.0 Å². The molecule has 0 N–H and O–H groups in total. The predicted molar refractivity (Wildman–Crippen MR) is 85.1 cm³/mol. The van der Waals surface area contributed by atoms with Gasteiger partial charge in [-0.15, -0.1) is 0 Å². The Morgan fingerprint density at radius 2 is 1.95 bits per heavy atom. The van der Waals surface area contributed by atoms with Crippen LogP contribution in [0.3, 0.4) is 0 Å². The van der Waals surface area contributed by atoms with Gasteiger partial charge in [-0.1, -0.05) is 0 Å². The Hall–Kier alpha value is -1.49. The quantitative estimate of drug-likeness (QED) is 0.796. The van der Waals surface area contributed by atoms with Crippen molar-refractivity contribution < 1.29 is 9.59 Å². The maximum absolute atomic E-state index is 12.3. The molecule has 3 rings (SSSR count). The lowest BCUT2D eigenvalue weighted by atomic mass is 10.2. The Bertz CT molecular complexity index is 653. The molecule has 0 atom stereocenters. The van der Waals surface area contributed by atoms with Crippen LogP contribution in [0.5, 0.6) is 0 Å². The fraction of sp³-hybridized carbons (Fsp3) is 0.500. The van der Waals surface area contributed by atoms with Crippen molar-refractivity contribution in [2.45, 2.75) is 52.6 Å². The first-order chi connectivity index (χ1) is 9.90. The summed E-state index contributed by atoms with van der Waals surface area (Å²) in [6, 6.07) is 2.64. The van der Waals surface area contributed by atoms with Crippen LogP contribution in [0, 0.1) is 13.8 Å². The lowest BCUT2D eigenvalue weighted by molar-refractivity contribution is -0.123. The van der Waals surface area contributed by atoms with E-state index >= 15 is 0 Å². The van der Waals surface area contributed by atoms with Crippen molar-refractivity contribution in [1.29, 1.82) is 0 Å². The molecule has 0 bridgehead atoms. The van der Waals surface area contributed by atoms with Crippen LogP contribution in [0.4, 0.5) is 4.79 Å². The van der Waals surface area contributed by atoms with Crippen LogP contribution < -0.4 is 0 Å². The number of rotatable bonds is 3. The number of carbonyl (C=O) groups is 2. The molecule has 2 aliphatic rings. The molecule has 0 spiro atoms. The van der Waals surface area contributed by atoms with Crippen LogP contribution in [0.1, 0.15) is 49.7 Å². The average Bonchev–Trinajstić information content (AvgIpc) is 3.11. The fourth-order valence-corrected chi connectivity index (χ4v) is 3.86. The second kappa shape index (κ2) is 5.05. The smallest absolute Gasteiger partial charge is 0.293 e. The summed E-state index contributed by atoms with van der Waals surface area (Å²) >= 11 is 1.04. The normalized spacial score (nSPS) is 21.2. The molecule has 5 heteroatoms. The molecule has 2 heterocycles. The van der Waals surface area contributed by atoms with Crippen molar-refractivity contribution in [3.05, 3.63) is 27.9 Å². The van der Waals surface area contributed by atoms with Crippen LogP contribution >= 0.6 is 11.8 Å². The third kappa shape index (κ3) is 2.44. The molecule has 112 valence electrons. The zero-order valence-corrected chi connectivity index (χ0v) is 13.7. The summed E-state index contributed by atoms with van der Waals surface area (Å²) < 4.78 is 2.35. The van der Waals surface area contributed by atoms with Crippen LogP contribution in [0.25, 0.3) is 6.08 Å². The molecule has 2 amide bonds. The van der Waals surface area contributed by atoms with Crippen LogP contribution in [0.2, 0.25) is 0 Å². The molecule has 0 radical (unpaired) electrons. The summed E-state index contributed by atoms with van der Waals surface area (Å²) in [5, 5.41) is -0.169. The summed E-state index contributed by atoms with van der Waals surface area (Å²) in [6.07, 6.45) is 4.34. The summed E-state index contributed by atoms with van der Waals surface area (Å²) in [4.78, 5) is 26.1. The van der Waals surface area contributed by atoms with Gasteiger partial charge in [0.05, 0.1) is 4.91 Å². The van der Waals surface area contributed by atoms with Crippen molar-refractivity contribution in [3.8, 4) is 0 Å². The first-order valence-electron chi connectivity index (χ1n) is 7.35. The predicted octanol–water partition coefficient (Wildman–Crippen LogP) is 3.88. The van der Waals surface area contributed by atoms with Gasteiger partial charge in [0, 0.05) is 23.5 Å². The Labute approximate surface area is 129 Å². The van der Waals surface area contributed by atoms with E-state index in [4.69, 9.17) is 0 Å². The number of thioether (sulfide) groups is 1. The molecular weight excluding hydrogens is 284 g/mol. The van der Waals surface area contributed by atoms with Gasteiger partial charge in [0.1, 0.15) is 0 Å². The number of carbonyl (C=O) groups excluding carboxylic acids is 2. The highest BCUT2D eigenvalue weighted by Crippen LogP contribution is 2.40. The van der Waals surface area contributed by atoms with Crippen LogP contribution in [-0.4, -0.2) is 26.7 Å². The highest BCUT2D eigenvalue weighted by atomic mass is 32.2. The molecular formula is C16H20N2O2S. The molecule has 1 saturated carbocycles. The fourth-order valence-electron chi connectivity index (χ4n) is 2.91. The van der Waals surface area contributed by atoms with Gasteiger partial charge in [-0.25, -0.2) is 0 Å². The number of hydrogen-bond donors (Lipinski definition) is 0. The number of aromatic nitrogens is 1. The third-order valence-corrected chi connectivity index (χ3v) is 4.95. The second-order valence-electron chi connectivity index (χ2n) is 6.07. The molecule has 1 aliphatic heterocycles. The number of hydrogen-bond acceptors (Lipinski definition) is 3. The van der Waals surface area contributed by atoms with Gasteiger partial charge in [-0.05, 0) is 70.0 Å². The van der Waals surface area contributed by atoms with Crippen LogP contribution in [0.15, 0.2) is 11.0 Å². The summed E-state index contributed by atoms with van der Waals surface area (Å²) in [5.41, 5.74) is 3.46. The van der Waals surface area contributed by atoms with Gasteiger partial charge in [-0.3, -0.25) is 14.5 Å². The molecule has 2 fully saturated rings. The van der Waals surface area contributed by atoms with Crippen molar-refractivity contribution in [2.24, 2.45) is 0 Å². The van der Waals surface area contributed by atoms with Crippen molar-refractivity contribution in [2.75, 3.05) is 0 Å². The molecule has 0 aromatic carbocycles. The van der Waals surface area contributed by atoms with Crippen LogP contribution in [-0.2, 0) is 4.79 Å². The molecule has 4 nitrogen and oxygen atoms in total. The zero-order valence-electron chi connectivity index (χ0n) is 12.8. The van der Waals surface area contributed by atoms with Gasteiger partial charge in [0.2, 0.25) is 0 Å². The standard InChI is InChI=1S/C16H20N2O2S/c1-9(2)17-15(19)14(21-16(17)20)8-12-7-10(3)18(11(12)4)13-5-6-13/h7-9,13H,5-6H2,1-4H3/b14-8-. The molecule has 21 heavy (non-hydrogen) atoms. The zero-order chi connectivity index (χ0) is 15.3. The van der Waals surface area contributed by atoms with E-state index in [0.29, 0.717) is 10.9 Å². The Balaban J connectivity index is 1.94. The topological polar surface area (TPSA) is 42.3 Å². The van der Waals surface area contributed by atoms with Gasteiger partial charge in [0.25, 0.3) is 11.1 Å². The lowest BCUT2D eigenvalue weighted by Gasteiger charge is -2.16. The molecule has 1 aromatic rings. The van der Waals surface area contributed by atoms with Gasteiger partial charge in [-0.2, -0.15) is 0 Å².